The van der Waals surface area contributed by atoms with E-state index < -0.39 is 11.7 Å². The Balaban J connectivity index is 1.23. The van der Waals surface area contributed by atoms with Crippen molar-refractivity contribution >= 4 is 33.7 Å². The summed E-state index contributed by atoms with van der Waals surface area (Å²) in [5.74, 6) is 0.164. The molecule has 1 aliphatic rings. The molecular weight excluding hydrogens is 445 g/mol. The van der Waals surface area contributed by atoms with Crippen molar-refractivity contribution in [2.24, 2.45) is 5.92 Å². The van der Waals surface area contributed by atoms with Crippen LogP contribution in [0, 0.1) is 19.8 Å². The number of nitrogens with zero attached hydrogens (tertiary/aromatic N) is 3. The van der Waals surface area contributed by atoms with Gasteiger partial charge in [-0.25, -0.2) is 9.97 Å². The van der Waals surface area contributed by atoms with E-state index in [1.807, 2.05) is 19.2 Å². The van der Waals surface area contributed by atoms with Gasteiger partial charge in [-0.3, -0.25) is 9.69 Å². The normalized spacial score (nSPS) is 15.1. The molecular formula is C21H21F3N4OS2. The molecule has 0 saturated carbocycles. The lowest BCUT2D eigenvalue weighted by Crippen LogP contribution is -2.47. The number of halogens is 3. The number of rotatable bonds is 6. The average Bonchev–Trinajstić information content (AvgIpc) is 3.25. The van der Waals surface area contributed by atoms with Crippen LogP contribution < -0.4 is 5.32 Å². The highest BCUT2D eigenvalue weighted by molar-refractivity contribution is 7.16. The molecule has 0 atom stereocenters. The van der Waals surface area contributed by atoms with E-state index in [9.17, 15) is 18.0 Å². The molecule has 1 aromatic carbocycles. The van der Waals surface area contributed by atoms with Crippen molar-refractivity contribution in [2.45, 2.75) is 33.0 Å². The Morgan fingerprint density at radius 2 is 1.90 bits per heavy atom. The molecule has 0 unspecified atom stereocenters. The number of carbonyl (C=O) groups is 1. The molecule has 1 amide bonds. The van der Waals surface area contributed by atoms with Crippen molar-refractivity contribution in [3.8, 4) is 10.6 Å². The number of aryl methyl sites for hydroxylation is 2. The van der Waals surface area contributed by atoms with Crippen LogP contribution in [0.15, 0.2) is 29.6 Å². The van der Waals surface area contributed by atoms with Crippen molar-refractivity contribution < 1.29 is 18.0 Å². The van der Waals surface area contributed by atoms with Gasteiger partial charge in [0.25, 0.3) is 0 Å². The number of aromatic nitrogens is 2. The zero-order valence-corrected chi connectivity index (χ0v) is 18.6. The fourth-order valence-corrected chi connectivity index (χ4v) is 5.30. The number of hydrogen-bond donors (Lipinski definition) is 1. The molecule has 164 valence electrons. The zero-order chi connectivity index (χ0) is 22.2. The van der Waals surface area contributed by atoms with Gasteiger partial charge in [0.2, 0.25) is 5.91 Å². The Labute approximate surface area is 186 Å². The van der Waals surface area contributed by atoms with Crippen molar-refractivity contribution in [3.63, 3.8) is 0 Å². The minimum Gasteiger partial charge on any atom is -0.302 e. The molecule has 0 radical (unpaired) electrons. The molecule has 0 aliphatic carbocycles. The van der Waals surface area contributed by atoms with Gasteiger partial charge < -0.3 is 5.32 Å². The maximum atomic E-state index is 12.6. The van der Waals surface area contributed by atoms with Crippen LogP contribution in [0.1, 0.15) is 28.2 Å². The SMILES string of the molecule is Cc1nc(C)c(-c2csc(NC(=O)CC3CN(Cc4ccc(C(F)(F)F)cc4)C3)n2)s1. The van der Waals surface area contributed by atoms with Crippen LogP contribution in [0.25, 0.3) is 10.6 Å². The van der Waals surface area contributed by atoms with Crippen molar-refractivity contribution in [1.82, 2.24) is 14.9 Å². The van der Waals surface area contributed by atoms with Crippen LogP contribution in [0.3, 0.4) is 0 Å². The predicted octanol–water partition coefficient (Wildman–Crippen LogP) is 5.36. The quantitative estimate of drug-likeness (QED) is 0.531. The van der Waals surface area contributed by atoms with Gasteiger partial charge in [-0.2, -0.15) is 13.2 Å². The Morgan fingerprint density at radius 3 is 2.52 bits per heavy atom. The molecule has 2 aromatic heterocycles. The van der Waals surface area contributed by atoms with Gasteiger partial charge in [0, 0.05) is 31.4 Å². The highest BCUT2D eigenvalue weighted by atomic mass is 32.1. The van der Waals surface area contributed by atoms with Crippen molar-refractivity contribution in [2.75, 3.05) is 18.4 Å². The molecule has 1 N–H and O–H groups in total. The van der Waals surface area contributed by atoms with Crippen LogP contribution in [-0.2, 0) is 17.5 Å². The maximum Gasteiger partial charge on any atom is 0.416 e. The lowest BCUT2D eigenvalue weighted by atomic mass is 9.95. The van der Waals surface area contributed by atoms with E-state index in [-0.39, 0.29) is 11.8 Å². The number of benzene rings is 1. The first kappa shape index (κ1) is 21.9. The summed E-state index contributed by atoms with van der Waals surface area (Å²) in [7, 11) is 0. The number of amides is 1. The largest absolute Gasteiger partial charge is 0.416 e. The maximum absolute atomic E-state index is 12.6. The van der Waals surface area contributed by atoms with Crippen LogP contribution in [0.5, 0.6) is 0 Å². The number of anilines is 1. The number of carbonyl (C=O) groups excluding carboxylic acids is 1. The summed E-state index contributed by atoms with van der Waals surface area (Å²) in [4.78, 5) is 24.4. The van der Waals surface area contributed by atoms with Crippen LogP contribution in [0.2, 0.25) is 0 Å². The summed E-state index contributed by atoms with van der Waals surface area (Å²) >= 11 is 2.98. The third kappa shape index (κ3) is 5.31. The van der Waals surface area contributed by atoms with E-state index in [1.54, 1.807) is 11.3 Å². The van der Waals surface area contributed by atoms with Gasteiger partial charge in [0.15, 0.2) is 5.13 Å². The molecule has 0 spiro atoms. The van der Waals surface area contributed by atoms with E-state index in [4.69, 9.17) is 0 Å². The molecule has 31 heavy (non-hydrogen) atoms. The summed E-state index contributed by atoms with van der Waals surface area (Å²) in [6.07, 6.45) is -3.92. The Kier molecular flexibility index (Phi) is 6.14. The number of likely N-dealkylation sites (tertiary alicyclic amines) is 1. The van der Waals surface area contributed by atoms with E-state index >= 15 is 0 Å². The number of thiazole rings is 2. The fourth-order valence-electron chi connectivity index (χ4n) is 3.63. The molecule has 5 nitrogen and oxygen atoms in total. The summed E-state index contributed by atoms with van der Waals surface area (Å²) in [6.45, 7) is 5.98. The zero-order valence-electron chi connectivity index (χ0n) is 17.0. The first-order valence-electron chi connectivity index (χ1n) is 9.75. The lowest BCUT2D eigenvalue weighted by Gasteiger charge is -2.39. The second-order valence-corrected chi connectivity index (χ2v) is 9.75. The molecule has 1 aliphatic heterocycles. The van der Waals surface area contributed by atoms with Crippen molar-refractivity contribution in [3.05, 3.63) is 51.5 Å². The molecule has 4 rings (SSSR count). The third-order valence-corrected chi connectivity index (χ3v) is 6.93. The third-order valence-electron chi connectivity index (χ3n) is 5.08. The van der Waals surface area contributed by atoms with E-state index in [2.05, 4.69) is 20.2 Å². The molecule has 0 bridgehead atoms. The van der Waals surface area contributed by atoms with Crippen LogP contribution in [-0.4, -0.2) is 33.9 Å². The van der Waals surface area contributed by atoms with Gasteiger partial charge in [-0.15, -0.1) is 22.7 Å². The number of hydrogen-bond acceptors (Lipinski definition) is 6. The first-order valence-corrected chi connectivity index (χ1v) is 11.5. The molecule has 1 saturated heterocycles. The second kappa shape index (κ2) is 8.68. The van der Waals surface area contributed by atoms with Crippen molar-refractivity contribution in [1.29, 1.82) is 0 Å². The summed E-state index contributed by atoms with van der Waals surface area (Å²) in [6, 6.07) is 5.24. The summed E-state index contributed by atoms with van der Waals surface area (Å²) in [5.41, 5.74) is 1.96. The Bertz CT molecular complexity index is 1070. The monoisotopic (exact) mass is 466 g/mol. The fraction of sp³-hybridized carbons (Fsp3) is 0.381. The average molecular weight is 467 g/mol. The molecule has 3 heterocycles. The van der Waals surface area contributed by atoms with E-state index in [1.165, 1.54) is 23.5 Å². The Morgan fingerprint density at radius 1 is 1.19 bits per heavy atom. The number of nitrogens with one attached hydrogen (secondary N) is 1. The summed E-state index contributed by atoms with van der Waals surface area (Å²) < 4.78 is 37.9. The minimum absolute atomic E-state index is 0.0720. The second-order valence-electron chi connectivity index (χ2n) is 7.69. The van der Waals surface area contributed by atoms with E-state index in [0.717, 1.165) is 52.1 Å². The van der Waals surface area contributed by atoms with Gasteiger partial charge >= 0.3 is 6.18 Å². The molecule has 10 heteroatoms. The van der Waals surface area contributed by atoms with Gasteiger partial charge in [-0.05, 0) is 37.5 Å². The van der Waals surface area contributed by atoms with Crippen LogP contribution in [0.4, 0.5) is 18.3 Å². The minimum atomic E-state index is -4.32. The van der Waals surface area contributed by atoms with Gasteiger partial charge in [-0.1, -0.05) is 12.1 Å². The summed E-state index contributed by atoms with van der Waals surface area (Å²) in [5, 5.41) is 6.35. The van der Waals surface area contributed by atoms with Gasteiger partial charge in [0.1, 0.15) is 0 Å². The topological polar surface area (TPSA) is 58.1 Å². The standard InChI is InChI=1S/C21H21F3N4OS2/c1-12-19(31-13(2)25-12)17-11-30-20(26-17)27-18(29)7-15-9-28(10-15)8-14-3-5-16(6-4-14)21(22,23)24/h3-6,11,15H,7-10H2,1-2H3,(H,26,27,29). The lowest BCUT2D eigenvalue weighted by molar-refractivity contribution is -0.137. The first-order chi connectivity index (χ1) is 14.7. The molecule has 3 aromatic rings. The number of alkyl halides is 3. The smallest absolute Gasteiger partial charge is 0.302 e. The Hall–Kier alpha value is -2.30. The highest BCUT2D eigenvalue weighted by Crippen LogP contribution is 2.33. The highest BCUT2D eigenvalue weighted by Gasteiger charge is 2.31. The predicted molar refractivity (Wildman–Crippen MR) is 116 cm³/mol. The molecule has 1 fully saturated rings. The van der Waals surface area contributed by atoms with E-state index in [0.29, 0.717) is 18.1 Å². The van der Waals surface area contributed by atoms with Crippen LogP contribution >= 0.6 is 22.7 Å². The van der Waals surface area contributed by atoms with Gasteiger partial charge in [0.05, 0.1) is 26.8 Å².